The molecule has 0 bridgehead atoms. The van der Waals surface area contributed by atoms with E-state index in [9.17, 15) is 4.79 Å². The van der Waals surface area contributed by atoms with Crippen molar-refractivity contribution in [2.45, 2.75) is 18.7 Å². The average Bonchev–Trinajstić information content (AvgIpc) is 1.99. The predicted molar refractivity (Wildman–Crippen MR) is 60.1 cm³/mol. The molecule has 14 heavy (non-hydrogen) atoms. The van der Waals surface area contributed by atoms with Gasteiger partial charge in [-0.25, -0.2) is 0 Å². The summed E-state index contributed by atoms with van der Waals surface area (Å²) in [6, 6.07) is 0. The summed E-state index contributed by atoms with van der Waals surface area (Å²) in [6.45, 7) is 2.65. The van der Waals surface area contributed by atoms with Crippen LogP contribution >= 0.6 is 11.6 Å². The van der Waals surface area contributed by atoms with Gasteiger partial charge >= 0.3 is 0 Å². The molecule has 0 radical (unpaired) electrons. The Kier molecular flexibility index (Phi) is 5.16. The maximum atomic E-state index is 10.7. The predicted octanol–water partition coefficient (Wildman–Crippen LogP) is 1.12. The molecule has 0 spiro atoms. The van der Waals surface area contributed by atoms with E-state index in [1.807, 2.05) is 0 Å². The van der Waals surface area contributed by atoms with Crippen molar-refractivity contribution >= 4 is 17.5 Å². The van der Waals surface area contributed by atoms with Crippen molar-refractivity contribution in [3.8, 4) is 0 Å². The Morgan fingerprint density at radius 1 is 1.50 bits per heavy atom. The highest BCUT2D eigenvalue weighted by atomic mass is 35.5. The zero-order valence-electron chi connectivity index (χ0n) is 9.38. The minimum absolute atomic E-state index is 0.111. The molecule has 0 aliphatic heterocycles. The van der Waals surface area contributed by atoms with Crippen LogP contribution in [0.15, 0.2) is 11.6 Å². The second-order valence-corrected chi connectivity index (χ2v) is 5.09. The Morgan fingerprint density at radius 3 is 2.36 bits per heavy atom. The van der Waals surface area contributed by atoms with E-state index in [1.165, 1.54) is 0 Å². The molecule has 1 atom stereocenters. The van der Waals surface area contributed by atoms with Gasteiger partial charge in [0, 0.05) is 12.0 Å². The molecule has 0 fully saturated rings. The van der Waals surface area contributed by atoms with E-state index < -0.39 is 5.91 Å². The standard InChI is InChI=1S/C10H19ClN2O/c1-8(10(12)14)7-9(11)5-6-13(2,3)4/h7,9H,5-6H2,1-4H3,(H-,12,14)/p+1. The molecule has 0 heterocycles. The van der Waals surface area contributed by atoms with Crippen molar-refractivity contribution in [2.24, 2.45) is 5.73 Å². The Labute approximate surface area is 91.1 Å². The molecule has 0 aliphatic rings. The number of quaternary nitrogens is 1. The summed E-state index contributed by atoms with van der Waals surface area (Å²) in [7, 11) is 6.32. The number of hydrogen-bond donors (Lipinski definition) is 1. The van der Waals surface area contributed by atoms with Crippen LogP contribution in [-0.2, 0) is 4.79 Å². The SMILES string of the molecule is CC(=CC(Cl)CC[N+](C)(C)C)C(N)=O. The maximum absolute atomic E-state index is 10.7. The summed E-state index contributed by atoms with van der Waals surface area (Å²) in [5.74, 6) is -0.402. The van der Waals surface area contributed by atoms with Crippen molar-refractivity contribution in [1.82, 2.24) is 0 Å². The number of nitrogens with two attached hydrogens (primary N) is 1. The lowest BCUT2D eigenvalue weighted by molar-refractivity contribution is -0.870. The number of nitrogens with zero attached hydrogens (tertiary/aromatic N) is 1. The largest absolute Gasteiger partial charge is 0.366 e. The summed E-state index contributed by atoms with van der Waals surface area (Å²) in [6.07, 6.45) is 2.56. The number of carbonyl (C=O) groups excluding carboxylic acids is 1. The fourth-order valence-electron chi connectivity index (χ4n) is 0.947. The lowest BCUT2D eigenvalue weighted by Crippen LogP contribution is -2.36. The monoisotopic (exact) mass is 219 g/mol. The molecule has 1 amide bonds. The van der Waals surface area contributed by atoms with Gasteiger partial charge in [-0.05, 0) is 6.92 Å². The fraction of sp³-hybridized carbons (Fsp3) is 0.700. The van der Waals surface area contributed by atoms with Crippen molar-refractivity contribution in [1.29, 1.82) is 0 Å². The molecule has 3 nitrogen and oxygen atoms in total. The van der Waals surface area contributed by atoms with Crippen LogP contribution in [0.5, 0.6) is 0 Å². The van der Waals surface area contributed by atoms with E-state index in [0.717, 1.165) is 17.4 Å². The number of halogens is 1. The van der Waals surface area contributed by atoms with Crippen LogP contribution in [0.4, 0.5) is 0 Å². The molecule has 0 rings (SSSR count). The zero-order valence-corrected chi connectivity index (χ0v) is 10.1. The summed E-state index contributed by atoms with van der Waals surface area (Å²) in [4.78, 5) is 10.7. The minimum atomic E-state index is -0.402. The Morgan fingerprint density at radius 2 is 2.00 bits per heavy atom. The molecule has 0 saturated heterocycles. The third-order valence-electron chi connectivity index (χ3n) is 1.90. The highest BCUT2D eigenvalue weighted by Gasteiger charge is 2.11. The molecule has 2 N–H and O–H groups in total. The van der Waals surface area contributed by atoms with Crippen LogP contribution < -0.4 is 5.73 Å². The second kappa shape index (κ2) is 5.37. The Balaban J connectivity index is 4.05. The number of alkyl halides is 1. The first-order valence-electron chi connectivity index (χ1n) is 4.65. The quantitative estimate of drug-likeness (QED) is 0.421. The first-order valence-corrected chi connectivity index (χ1v) is 5.09. The van der Waals surface area contributed by atoms with Crippen molar-refractivity contribution in [3.63, 3.8) is 0 Å². The van der Waals surface area contributed by atoms with E-state index in [0.29, 0.717) is 5.57 Å². The summed E-state index contributed by atoms with van der Waals surface area (Å²) >= 11 is 6.03. The first kappa shape index (κ1) is 13.5. The lowest BCUT2D eigenvalue weighted by atomic mass is 10.2. The number of primary amides is 1. The summed E-state index contributed by atoms with van der Waals surface area (Å²) in [5, 5.41) is -0.111. The zero-order chi connectivity index (χ0) is 11.4. The molecule has 0 aliphatic carbocycles. The molecular weight excluding hydrogens is 200 g/mol. The van der Waals surface area contributed by atoms with Crippen LogP contribution in [0.2, 0.25) is 0 Å². The third-order valence-corrected chi connectivity index (χ3v) is 2.24. The number of amides is 1. The van der Waals surface area contributed by atoms with Crippen LogP contribution in [0.25, 0.3) is 0 Å². The highest BCUT2D eigenvalue weighted by Crippen LogP contribution is 2.09. The van der Waals surface area contributed by atoms with Gasteiger partial charge in [0.1, 0.15) is 0 Å². The van der Waals surface area contributed by atoms with Gasteiger partial charge in [-0.2, -0.15) is 0 Å². The number of hydrogen-bond acceptors (Lipinski definition) is 1. The van der Waals surface area contributed by atoms with Gasteiger partial charge in [-0.1, -0.05) is 6.08 Å². The molecular formula is C10H20ClN2O+. The van der Waals surface area contributed by atoms with Crippen LogP contribution in [0.3, 0.4) is 0 Å². The van der Waals surface area contributed by atoms with Crippen molar-refractivity contribution in [2.75, 3.05) is 27.7 Å². The van der Waals surface area contributed by atoms with Crippen LogP contribution in [0.1, 0.15) is 13.3 Å². The molecule has 4 heteroatoms. The van der Waals surface area contributed by atoms with Gasteiger partial charge in [-0.3, -0.25) is 4.79 Å². The number of carbonyl (C=O) groups is 1. The van der Waals surface area contributed by atoms with Crippen LogP contribution in [-0.4, -0.2) is 43.5 Å². The van der Waals surface area contributed by atoms with Gasteiger partial charge < -0.3 is 10.2 Å². The normalized spacial score (nSPS) is 15.4. The topological polar surface area (TPSA) is 43.1 Å². The van der Waals surface area contributed by atoms with Gasteiger partial charge in [0.25, 0.3) is 0 Å². The smallest absolute Gasteiger partial charge is 0.244 e. The first-order chi connectivity index (χ1) is 6.22. The van der Waals surface area contributed by atoms with Crippen molar-refractivity contribution in [3.05, 3.63) is 11.6 Å². The molecule has 0 saturated carbocycles. The van der Waals surface area contributed by atoms with E-state index in [-0.39, 0.29) is 5.38 Å². The summed E-state index contributed by atoms with van der Waals surface area (Å²) in [5.41, 5.74) is 5.63. The van der Waals surface area contributed by atoms with Gasteiger partial charge in [0.15, 0.2) is 0 Å². The lowest BCUT2D eigenvalue weighted by Gasteiger charge is -2.24. The van der Waals surface area contributed by atoms with E-state index >= 15 is 0 Å². The Hall–Kier alpha value is -0.540. The molecule has 0 aromatic rings. The van der Waals surface area contributed by atoms with Gasteiger partial charge in [0.2, 0.25) is 5.91 Å². The van der Waals surface area contributed by atoms with Gasteiger partial charge in [0.05, 0.1) is 33.1 Å². The molecule has 0 aromatic carbocycles. The third kappa shape index (κ3) is 6.92. The number of rotatable bonds is 5. The molecule has 82 valence electrons. The number of allylic oxidation sites excluding steroid dienone is 1. The van der Waals surface area contributed by atoms with Crippen LogP contribution in [0, 0.1) is 0 Å². The maximum Gasteiger partial charge on any atom is 0.244 e. The summed E-state index contributed by atoms with van der Waals surface area (Å²) < 4.78 is 0.868. The van der Waals surface area contributed by atoms with Gasteiger partial charge in [-0.15, -0.1) is 11.6 Å². The minimum Gasteiger partial charge on any atom is -0.366 e. The molecule has 1 unspecified atom stereocenters. The average molecular weight is 220 g/mol. The highest BCUT2D eigenvalue weighted by molar-refractivity contribution is 6.22. The Bertz CT molecular complexity index is 231. The van der Waals surface area contributed by atoms with Crippen molar-refractivity contribution < 1.29 is 9.28 Å². The fourth-order valence-corrected chi connectivity index (χ4v) is 1.23. The van der Waals surface area contributed by atoms with E-state index in [2.05, 4.69) is 21.1 Å². The second-order valence-electron chi connectivity index (χ2n) is 4.53. The van der Waals surface area contributed by atoms with E-state index in [4.69, 9.17) is 17.3 Å². The molecule has 0 aromatic heterocycles. The van der Waals surface area contributed by atoms with E-state index in [1.54, 1.807) is 13.0 Å².